The van der Waals surface area contributed by atoms with Gasteiger partial charge in [-0.25, -0.2) is 0 Å². The van der Waals surface area contributed by atoms with E-state index in [0.29, 0.717) is 19.6 Å². The molecular weight excluding hydrogens is 247 g/mol. The maximum Gasteiger partial charge on any atom is 0.390 e. The highest BCUT2D eigenvalue weighted by Crippen LogP contribution is 2.20. The summed E-state index contributed by atoms with van der Waals surface area (Å²) in [6, 6.07) is -0.342. The molecule has 8 heteroatoms. The van der Waals surface area contributed by atoms with E-state index in [2.05, 4.69) is 10.1 Å². The molecule has 1 fully saturated rings. The van der Waals surface area contributed by atoms with Crippen molar-refractivity contribution in [2.24, 2.45) is 0 Å². The molecule has 0 spiro atoms. The first-order valence-electron chi connectivity index (χ1n) is 5.29. The predicted molar refractivity (Wildman–Crippen MR) is 50.9 cm³/mol. The monoisotopic (exact) mass is 262 g/mol. The van der Waals surface area contributed by atoms with Crippen molar-refractivity contribution in [2.75, 3.05) is 32.8 Å². The van der Waals surface area contributed by atoms with Crippen LogP contribution in [0, 0.1) is 0 Å². The molecule has 102 valence electrons. The van der Waals surface area contributed by atoms with Gasteiger partial charge in [-0.1, -0.05) is 0 Å². The smallest absolute Gasteiger partial charge is 0.321 e. The summed E-state index contributed by atoms with van der Waals surface area (Å²) in [7, 11) is 0. The Kier molecular flexibility index (Phi) is 5.54. The quantitative estimate of drug-likeness (QED) is 0.759. The van der Waals surface area contributed by atoms with Gasteiger partial charge in [0, 0.05) is 32.2 Å². The second-order valence-corrected chi connectivity index (χ2v) is 3.91. The standard InChI is InChI=1S/C9H15F5N2O/c10-8(11)17-6-7-5-16(4-2-15-7)3-1-9(12,13)14/h7-8,15H,1-6H2. The fourth-order valence-electron chi connectivity index (χ4n) is 1.68. The zero-order chi connectivity index (χ0) is 12.9. The average molecular weight is 262 g/mol. The van der Waals surface area contributed by atoms with Gasteiger partial charge in [-0.2, -0.15) is 22.0 Å². The van der Waals surface area contributed by atoms with Crippen molar-refractivity contribution >= 4 is 0 Å². The van der Waals surface area contributed by atoms with Gasteiger partial charge in [0.25, 0.3) is 0 Å². The average Bonchev–Trinajstić information content (AvgIpc) is 2.23. The van der Waals surface area contributed by atoms with Crippen LogP contribution in [0.3, 0.4) is 0 Å². The second-order valence-electron chi connectivity index (χ2n) is 3.91. The first-order chi connectivity index (χ1) is 7.87. The molecule has 0 bridgehead atoms. The molecule has 3 nitrogen and oxygen atoms in total. The van der Waals surface area contributed by atoms with Crippen LogP contribution in [0.1, 0.15) is 6.42 Å². The van der Waals surface area contributed by atoms with Gasteiger partial charge in [0.15, 0.2) is 0 Å². The van der Waals surface area contributed by atoms with Gasteiger partial charge in [0.2, 0.25) is 0 Å². The fraction of sp³-hybridized carbons (Fsp3) is 1.00. The van der Waals surface area contributed by atoms with E-state index >= 15 is 0 Å². The normalized spacial score (nSPS) is 23.3. The van der Waals surface area contributed by atoms with Crippen LogP contribution in [0.15, 0.2) is 0 Å². The molecule has 0 aliphatic carbocycles. The zero-order valence-electron chi connectivity index (χ0n) is 9.14. The van der Waals surface area contributed by atoms with Gasteiger partial charge >= 0.3 is 12.8 Å². The SMILES string of the molecule is FC(F)OCC1CN(CCC(F)(F)F)CCN1. The molecule has 1 unspecified atom stereocenters. The van der Waals surface area contributed by atoms with Crippen LogP contribution in [0.2, 0.25) is 0 Å². The van der Waals surface area contributed by atoms with E-state index in [0.717, 1.165) is 0 Å². The zero-order valence-corrected chi connectivity index (χ0v) is 9.14. The number of hydrogen-bond acceptors (Lipinski definition) is 3. The summed E-state index contributed by atoms with van der Waals surface area (Å²) in [6.45, 7) is -1.88. The summed E-state index contributed by atoms with van der Waals surface area (Å²) in [4.78, 5) is 1.60. The molecule has 1 aliphatic heterocycles. The Morgan fingerprint density at radius 2 is 2.06 bits per heavy atom. The third-order valence-electron chi connectivity index (χ3n) is 2.47. The van der Waals surface area contributed by atoms with Gasteiger partial charge in [-0.3, -0.25) is 0 Å². The number of ether oxygens (including phenoxy) is 1. The molecule has 1 atom stereocenters. The molecular formula is C9H15F5N2O. The van der Waals surface area contributed by atoms with Crippen LogP contribution in [0.25, 0.3) is 0 Å². The van der Waals surface area contributed by atoms with Gasteiger partial charge in [0.1, 0.15) is 0 Å². The Hall–Kier alpha value is -0.470. The molecule has 1 saturated heterocycles. The summed E-state index contributed by atoms with van der Waals surface area (Å²) < 4.78 is 63.7. The molecule has 0 aromatic heterocycles. The lowest BCUT2D eigenvalue weighted by Crippen LogP contribution is -2.53. The second kappa shape index (κ2) is 6.46. The van der Waals surface area contributed by atoms with Gasteiger partial charge in [0.05, 0.1) is 13.0 Å². The number of rotatable bonds is 5. The summed E-state index contributed by atoms with van der Waals surface area (Å²) in [6.07, 6.45) is -5.06. The van der Waals surface area contributed by atoms with Crippen LogP contribution in [-0.2, 0) is 4.74 Å². The number of hydrogen-bond donors (Lipinski definition) is 1. The minimum atomic E-state index is -4.18. The summed E-state index contributed by atoms with van der Waals surface area (Å²) in [5.74, 6) is 0. The van der Waals surface area contributed by atoms with Gasteiger partial charge in [-0.15, -0.1) is 0 Å². The van der Waals surface area contributed by atoms with E-state index in [1.807, 2.05) is 0 Å². The molecule has 1 aliphatic rings. The third kappa shape index (κ3) is 6.75. The Labute approximate surface area is 95.9 Å². The first-order valence-corrected chi connectivity index (χ1v) is 5.29. The largest absolute Gasteiger partial charge is 0.390 e. The number of halogens is 5. The Morgan fingerprint density at radius 3 is 2.65 bits per heavy atom. The van der Waals surface area contributed by atoms with Crippen molar-refractivity contribution in [3.05, 3.63) is 0 Å². The summed E-state index contributed by atoms with van der Waals surface area (Å²) in [5, 5.41) is 2.92. The third-order valence-corrected chi connectivity index (χ3v) is 2.47. The molecule has 0 amide bonds. The van der Waals surface area contributed by atoms with Crippen LogP contribution >= 0.6 is 0 Å². The topological polar surface area (TPSA) is 24.5 Å². The van der Waals surface area contributed by atoms with Crippen molar-refractivity contribution in [3.8, 4) is 0 Å². The minimum Gasteiger partial charge on any atom is -0.321 e. The van der Waals surface area contributed by atoms with Crippen molar-refractivity contribution in [3.63, 3.8) is 0 Å². The van der Waals surface area contributed by atoms with E-state index in [1.54, 1.807) is 4.90 Å². The van der Waals surface area contributed by atoms with Crippen molar-refractivity contribution in [1.82, 2.24) is 10.2 Å². The van der Waals surface area contributed by atoms with Gasteiger partial charge < -0.3 is 15.0 Å². The maximum atomic E-state index is 12.0. The lowest BCUT2D eigenvalue weighted by atomic mass is 10.2. The van der Waals surface area contributed by atoms with E-state index in [1.165, 1.54) is 0 Å². The summed E-state index contributed by atoms with van der Waals surface area (Å²) >= 11 is 0. The minimum absolute atomic E-state index is 0.101. The molecule has 0 radical (unpaired) electrons. The molecule has 0 saturated carbocycles. The number of alkyl halides is 5. The number of nitrogens with one attached hydrogen (secondary N) is 1. The lowest BCUT2D eigenvalue weighted by Gasteiger charge is -2.33. The Bertz CT molecular complexity index is 224. The predicted octanol–water partition coefficient (Wildman–Crippen LogP) is 1.45. The van der Waals surface area contributed by atoms with Crippen molar-refractivity contribution < 1.29 is 26.7 Å². The molecule has 1 heterocycles. The van der Waals surface area contributed by atoms with Crippen molar-refractivity contribution in [2.45, 2.75) is 25.3 Å². The summed E-state index contributed by atoms with van der Waals surface area (Å²) in [5.41, 5.74) is 0. The van der Waals surface area contributed by atoms with E-state index in [4.69, 9.17) is 0 Å². The van der Waals surface area contributed by atoms with Crippen LogP contribution in [0.4, 0.5) is 22.0 Å². The van der Waals surface area contributed by atoms with Crippen LogP contribution in [-0.4, -0.2) is 56.5 Å². The van der Waals surface area contributed by atoms with E-state index in [9.17, 15) is 22.0 Å². The highest BCUT2D eigenvalue weighted by atomic mass is 19.4. The fourth-order valence-corrected chi connectivity index (χ4v) is 1.68. The molecule has 0 aromatic rings. The van der Waals surface area contributed by atoms with Crippen molar-refractivity contribution in [1.29, 1.82) is 0 Å². The number of piperazine rings is 1. The highest BCUT2D eigenvalue weighted by molar-refractivity contribution is 4.78. The Balaban J connectivity index is 2.24. The Morgan fingerprint density at radius 1 is 1.35 bits per heavy atom. The lowest BCUT2D eigenvalue weighted by molar-refractivity contribution is -0.142. The molecule has 1 N–H and O–H groups in total. The van der Waals surface area contributed by atoms with Gasteiger partial charge in [-0.05, 0) is 0 Å². The van der Waals surface area contributed by atoms with Crippen LogP contribution < -0.4 is 5.32 Å². The molecule has 1 rings (SSSR count). The number of nitrogens with zero attached hydrogens (tertiary/aromatic N) is 1. The van der Waals surface area contributed by atoms with Crippen LogP contribution in [0.5, 0.6) is 0 Å². The van der Waals surface area contributed by atoms with E-state index in [-0.39, 0.29) is 19.2 Å². The van der Waals surface area contributed by atoms with E-state index < -0.39 is 19.2 Å². The maximum absolute atomic E-state index is 12.0. The highest BCUT2D eigenvalue weighted by Gasteiger charge is 2.29. The molecule has 0 aromatic carbocycles. The first kappa shape index (κ1) is 14.6. The molecule has 17 heavy (non-hydrogen) atoms.